The van der Waals surface area contributed by atoms with Crippen LogP contribution in [0, 0.1) is 6.92 Å². The van der Waals surface area contributed by atoms with Gasteiger partial charge in [-0.25, -0.2) is 9.97 Å². The first kappa shape index (κ1) is 13.0. The van der Waals surface area contributed by atoms with Gasteiger partial charge in [-0.2, -0.15) is 0 Å². The number of carbonyl (C=O) groups is 1. The summed E-state index contributed by atoms with van der Waals surface area (Å²) in [7, 11) is 0. The van der Waals surface area contributed by atoms with Crippen molar-refractivity contribution in [2.45, 2.75) is 13.3 Å². The predicted octanol–water partition coefficient (Wildman–Crippen LogP) is 2.34. The Labute approximate surface area is 111 Å². The van der Waals surface area contributed by atoms with E-state index in [4.69, 9.17) is 5.11 Å². The second-order valence-electron chi connectivity index (χ2n) is 4.23. The van der Waals surface area contributed by atoms with Crippen LogP contribution in [0.15, 0.2) is 36.7 Å². The second-order valence-corrected chi connectivity index (χ2v) is 4.23. The fourth-order valence-corrected chi connectivity index (χ4v) is 1.63. The van der Waals surface area contributed by atoms with Crippen molar-refractivity contribution >= 4 is 11.8 Å². The van der Waals surface area contributed by atoms with Crippen LogP contribution in [0.25, 0.3) is 11.3 Å². The highest BCUT2D eigenvalue weighted by Gasteiger charge is 2.02. The quantitative estimate of drug-likeness (QED) is 0.859. The number of aromatic nitrogens is 2. The molecule has 2 aromatic rings. The summed E-state index contributed by atoms with van der Waals surface area (Å²) in [5.74, 6) is -0.202. The molecule has 0 fully saturated rings. The summed E-state index contributed by atoms with van der Waals surface area (Å²) in [5, 5.41) is 11.5. The van der Waals surface area contributed by atoms with E-state index < -0.39 is 5.97 Å². The van der Waals surface area contributed by atoms with Crippen LogP contribution in [0.4, 0.5) is 5.82 Å². The molecule has 0 spiro atoms. The zero-order chi connectivity index (χ0) is 13.7. The van der Waals surface area contributed by atoms with E-state index in [2.05, 4.69) is 15.3 Å². The van der Waals surface area contributed by atoms with E-state index in [1.165, 1.54) is 11.9 Å². The summed E-state index contributed by atoms with van der Waals surface area (Å²) in [6, 6.07) is 9.86. The summed E-state index contributed by atoms with van der Waals surface area (Å²) in [5.41, 5.74) is 3.01. The monoisotopic (exact) mass is 257 g/mol. The van der Waals surface area contributed by atoms with Gasteiger partial charge >= 0.3 is 5.97 Å². The number of benzene rings is 1. The molecule has 0 radical (unpaired) electrons. The minimum absolute atomic E-state index is 0.0594. The molecular formula is C14H15N3O2. The van der Waals surface area contributed by atoms with Crippen LogP contribution in [0.3, 0.4) is 0 Å². The number of rotatable bonds is 5. The van der Waals surface area contributed by atoms with Crippen molar-refractivity contribution < 1.29 is 9.90 Å². The molecule has 1 heterocycles. The van der Waals surface area contributed by atoms with E-state index in [1.807, 2.05) is 37.3 Å². The molecule has 1 aromatic heterocycles. The lowest BCUT2D eigenvalue weighted by molar-refractivity contribution is -0.136. The maximum Gasteiger partial charge on any atom is 0.305 e. The summed E-state index contributed by atoms with van der Waals surface area (Å²) >= 11 is 0. The molecule has 0 aliphatic carbocycles. The lowest BCUT2D eigenvalue weighted by atomic mass is 10.1. The van der Waals surface area contributed by atoms with E-state index in [9.17, 15) is 4.79 Å². The van der Waals surface area contributed by atoms with Gasteiger partial charge in [-0.15, -0.1) is 0 Å². The number of nitrogens with one attached hydrogen (secondary N) is 1. The van der Waals surface area contributed by atoms with Crippen molar-refractivity contribution in [3.63, 3.8) is 0 Å². The normalized spacial score (nSPS) is 10.2. The minimum Gasteiger partial charge on any atom is -0.481 e. The van der Waals surface area contributed by atoms with Crippen LogP contribution in [-0.4, -0.2) is 27.6 Å². The zero-order valence-corrected chi connectivity index (χ0v) is 10.6. The van der Waals surface area contributed by atoms with Gasteiger partial charge in [0.1, 0.15) is 12.1 Å². The molecule has 19 heavy (non-hydrogen) atoms. The van der Waals surface area contributed by atoms with Crippen molar-refractivity contribution in [1.29, 1.82) is 0 Å². The summed E-state index contributed by atoms with van der Waals surface area (Å²) < 4.78 is 0. The molecule has 2 N–H and O–H groups in total. The van der Waals surface area contributed by atoms with Gasteiger partial charge < -0.3 is 10.4 Å². The van der Waals surface area contributed by atoms with Crippen molar-refractivity contribution in [2.75, 3.05) is 11.9 Å². The first-order chi connectivity index (χ1) is 9.15. The topological polar surface area (TPSA) is 75.1 Å². The first-order valence-corrected chi connectivity index (χ1v) is 6.00. The fraction of sp³-hybridized carbons (Fsp3) is 0.214. The average molecular weight is 257 g/mol. The van der Waals surface area contributed by atoms with Crippen LogP contribution in [0.5, 0.6) is 0 Å². The zero-order valence-electron chi connectivity index (χ0n) is 10.6. The summed E-state index contributed by atoms with van der Waals surface area (Å²) in [6.07, 6.45) is 1.53. The third kappa shape index (κ3) is 3.77. The highest BCUT2D eigenvalue weighted by atomic mass is 16.4. The Hall–Kier alpha value is -2.43. The van der Waals surface area contributed by atoms with E-state index in [0.29, 0.717) is 12.4 Å². The van der Waals surface area contributed by atoms with Crippen molar-refractivity contribution in [3.8, 4) is 11.3 Å². The van der Waals surface area contributed by atoms with Gasteiger partial charge in [0.2, 0.25) is 0 Å². The lowest BCUT2D eigenvalue weighted by Crippen LogP contribution is -2.08. The Kier molecular flexibility index (Phi) is 4.07. The molecule has 0 saturated heterocycles. The van der Waals surface area contributed by atoms with Gasteiger partial charge in [-0.3, -0.25) is 4.79 Å². The maximum absolute atomic E-state index is 10.4. The van der Waals surface area contributed by atoms with Crippen LogP contribution < -0.4 is 5.32 Å². The number of hydrogen-bond acceptors (Lipinski definition) is 4. The molecule has 2 rings (SSSR count). The Balaban J connectivity index is 2.10. The molecule has 0 aliphatic heterocycles. The molecule has 0 unspecified atom stereocenters. The fourth-order valence-electron chi connectivity index (χ4n) is 1.63. The average Bonchev–Trinajstić information content (AvgIpc) is 2.39. The highest BCUT2D eigenvalue weighted by molar-refractivity contribution is 5.67. The highest BCUT2D eigenvalue weighted by Crippen LogP contribution is 2.19. The van der Waals surface area contributed by atoms with Gasteiger partial charge in [0.25, 0.3) is 0 Å². The first-order valence-electron chi connectivity index (χ1n) is 6.00. The van der Waals surface area contributed by atoms with Gasteiger partial charge in [0.15, 0.2) is 0 Å². The Morgan fingerprint density at radius 1 is 1.26 bits per heavy atom. The minimum atomic E-state index is -0.833. The van der Waals surface area contributed by atoms with Crippen LogP contribution in [-0.2, 0) is 4.79 Å². The third-order valence-corrected chi connectivity index (χ3v) is 2.66. The summed E-state index contributed by atoms with van der Waals surface area (Å²) in [4.78, 5) is 18.7. The largest absolute Gasteiger partial charge is 0.481 e. The van der Waals surface area contributed by atoms with Crippen molar-refractivity contribution in [3.05, 3.63) is 42.2 Å². The molecule has 1 aromatic carbocycles. The molecule has 5 nitrogen and oxygen atoms in total. The Morgan fingerprint density at radius 3 is 2.68 bits per heavy atom. The Morgan fingerprint density at radius 2 is 2.00 bits per heavy atom. The van der Waals surface area contributed by atoms with Crippen molar-refractivity contribution in [1.82, 2.24) is 9.97 Å². The van der Waals surface area contributed by atoms with Gasteiger partial charge in [-0.05, 0) is 6.92 Å². The maximum atomic E-state index is 10.4. The number of anilines is 1. The van der Waals surface area contributed by atoms with Crippen LogP contribution in [0.1, 0.15) is 12.0 Å². The Bertz CT molecular complexity index is 567. The van der Waals surface area contributed by atoms with E-state index in [0.717, 1.165) is 11.3 Å². The third-order valence-electron chi connectivity index (χ3n) is 2.66. The molecular weight excluding hydrogens is 242 g/mol. The molecule has 5 heteroatoms. The number of carboxylic acid groups (broad SMARTS) is 1. The van der Waals surface area contributed by atoms with Crippen molar-refractivity contribution in [2.24, 2.45) is 0 Å². The molecule has 98 valence electrons. The summed E-state index contributed by atoms with van der Waals surface area (Å²) in [6.45, 7) is 2.38. The number of nitrogens with zero attached hydrogens (tertiary/aromatic N) is 2. The van der Waals surface area contributed by atoms with E-state index in [1.54, 1.807) is 0 Å². The molecule has 0 saturated carbocycles. The molecule has 0 bridgehead atoms. The molecule has 0 aliphatic rings. The van der Waals surface area contributed by atoms with Gasteiger partial charge in [0.05, 0.1) is 12.1 Å². The van der Waals surface area contributed by atoms with Gasteiger partial charge in [-0.1, -0.05) is 29.8 Å². The molecule has 0 amide bonds. The number of aryl methyl sites for hydroxylation is 1. The number of aliphatic carboxylic acids is 1. The molecule has 0 atom stereocenters. The van der Waals surface area contributed by atoms with Gasteiger partial charge in [0, 0.05) is 18.2 Å². The van der Waals surface area contributed by atoms with E-state index >= 15 is 0 Å². The predicted molar refractivity (Wildman–Crippen MR) is 72.9 cm³/mol. The smallest absolute Gasteiger partial charge is 0.305 e. The van der Waals surface area contributed by atoms with Crippen LogP contribution >= 0.6 is 0 Å². The SMILES string of the molecule is Cc1ccc(-c2cc(NCCC(=O)O)ncn2)cc1. The lowest BCUT2D eigenvalue weighted by Gasteiger charge is -2.06. The van der Waals surface area contributed by atoms with Crippen LogP contribution in [0.2, 0.25) is 0 Å². The second kappa shape index (κ2) is 5.95. The number of hydrogen-bond donors (Lipinski definition) is 2. The number of carboxylic acids is 1. The standard InChI is InChI=1S/C14H15N3O2/c1-10-2-4-11(5-3-10)12-8-13(17-9-16-12)15-7-6-14(18)19/h2-5,8-9H,6-7H2,1H3,(H,18,19)(H,15,16,17). The van der Waals surface area contributed by atoms with E-state index in [-0.39, 0.29) is 6.42 Å².